The van der Waals surface area contributed by atoms with Crippen molar-refractivity contribution >= 4 is 52.4 Å². The van der Waals surface area contributed by atoms with Crippen molar-refractivity contribution in [3.05, 3.63) is 71.9 Å². The summed E-state index contributed by atoms with van der Waals surface area (Å²) in [6.45, 7) is 1.88. The van der Waals surface area contributed by atoms with Crippen LogP contribution in [0.25, 0.3) is 10.9 Å². The van der Waals surface area contributed by atoms with Gasteiger partial charge in [-0.3, -0.25) is 33.6 Å². The Balaban J connectivity index is 1.80. The molecule has 0 unspecified atom stereocenters. The summed E-state index contributed by atoms with van der Waals surface area (Å²) in [7, 11) is 1.37. The van der Waals surface area contributed by atoms with Gasteiger partial charge in [0.2, 0.25) is 29.5 Å². The molecular formula is C35H42N6O9. The van der Waals surface area contributed by atoms with E-state index in [1.807, 2.05) is 25.1 Å². The third kappa shape index (κ3) is 9.67. The number of hydrogen-bond acceptors (Lipinski definition) is 7. The van der Waals surface area contributed by atoms with Gasteiger partial charge in [-0.2, -0.15) is 0 Å². The Morgan fingerprint density at radius 1 is 0.700 bits per heavy atom. The third-order valence-electron chi connectivity index (χ3n) is 8.60. The maximum Gasteiger partial charge on any atom is 0.305 e. The topological polar surface area (TPSA) is 227 Å². The first-order valence-corrected chi connectivity index (χ1v) is 16.4. The fourth-order valence-electron chi connectivity index (χ4n) is 5.93. The van der Waals surface area contributed by atoms with Crippen LogP contribution in [0, 0.1) is 0 Å². The largest absolute Gasteiger partial charge is 0.481 e. The molecule has 15 heteroatoms. The lowest BCUT2D eigenvalue weighted by Gasteiger charge is -2.32. The summed E-state index contributed by atoms with van der Waals surface area (Å²) in [4.78, 5) is 97.2. The molecule has 1 aromatic heterocycles. The highest BCUT2D eigenvalue weighted by Crippen LogP contribution is 2.21. The van der Waals surface area contributed by atoms with E-state index in [4.69, 9.17) is 0 Å². The number of nitrogens with zero attached hydrogens (tertiary/aromatic N) is 1. The number of likely N-dealkylation sites (N-methyl/N-ethyl adjacent to an activating group) is 1. The van der Waals surface area contributed by atoms with E-state index < -0.39 is 84.5 Å². The predicted molar refractivity (Wildman–Crippen MR) is 180 cm³/mol. The van der Waals surface area contributed by atoms with Gasteiger partial charge in [-0.15, -0.1) is 0 Å². The molecule has 266 valence electrons. The van der Waals surface area contributed by atoms with Crippen molar-refractivity contribution in [3.8, 4) is 0 Å². The molecule has 50 heavy (non-hydrogen) atoms. The number of carbonyl (C=O) groups excluding carboxylic acids is 5. The predicted octanol–water partition coefficient (Wildman–Crippen LogP) is 0.873. The first kappa shape index (κ1) is 37.1. The summed E-state index contributed by atoms with van der Waals surface area (Å²) in [5.74, 6) is -7.21. The highest BCUT2D eigenvalue weighted by Gasteiger charge is 2.38. The minimum absolute atomic E-state index is 0.0624. The number of para-hydroxylation sites is 1. The molecule has 7 N–H and O–H groups in total. The van der Waals surface area contributed by atoms with Crippen molar-refractivity contribution in [2.75, 3.05) is 7.05 Å². The number of aliphatic carboxylic acids is 2. The summed E-state index contributed by atoms with van der Waals surface area (Å²) < 4.78 is 0. The third-order valence-corrected chi connectivity index (χ3v) is 8.60. The van der Waals surface area contributed by atoms with Gasteiger partial charge < -0.3 is 41.4 Å². The smallest absolute Gasteiger partial charge is 0.305 e. The molecule has 5 amide bonds. The van der Waals surface area contributed by atoms with Crippen molar-refractivity contribution < 1.29 is 43.8 Å². The van der Waals surface area contributed by atoms with E-state index in [9.17, 15) is 43.8 Å². The molecule has 2 heterocycles. The van der Waals surface area contributed by atoms with Gasteiger partial charge in [0.15, 0.2) is 0 Å². The normalized spacial score (nSPS) is 22.5. The van der Waals surface area contributed by atoms with Gasteiger partial charge in [0, 0.05) is 37.0 Å². The number of carboxylic acid groups (broad SMARTS) is 2. The monoisotopic (exact) mass is 690 g/mol. The molecule has 2 aromatic carbocycles. The fourth-order valence-corrected chi connectivity index (χ4v) is 5.93. The Hall–Kier alpha value is -5.73. The van der Waals surface area contributed by atoms with Crippen molar-refractivity contribution in [1.82, 2.24) is 31.2 Å². The van der Waals surface area contributed by atoms with Crippen molar-refractivity contribution in [3.63, 3.8) is 0 Å². The number of carboxylic acids is 2. The fraction of sp³-hybridized carbons (Fsp3) is 0.400. The molecule has 4 rings (SSSR count). The molecule has 1 aliphatic heterocycles. The van der Waals surface area contributed by atoms with E-state index >= 15 is 0 Å². The number of fused-ring (bicyclic) bond motifs is 1. The second-order valence-electron chi connectivity index (χ2n) is 12.3. The maximum atomic E-state index is 14.2. The number of aromatic nitrogens is 1. The number of aromatic amines is 1. The lowest BCUT2D eigenvalue weighted by molar-refractivity contribution is -0.144. The Labute approximate surface area is 288 Å². The highest BCUT2D eigenvalue weighted by molar-refractivity contribution is 5.99. The van der Waals surface area contributed by atoms with E-state index in [-0.39, 0.29) is 19.3 Å². The van der Waals surface area contributed by atoms with Crippen LogP contribution in [0.4, 0.5) is 0 Å². The number of hydrogen-bond donors (Lipinski definition) is 7. The van der Waals surface area contributed by atoms with Gasteiger partial charge in [-0.1, -0.05) is 68.3 Å². The minimum atomic E-state index is -1.67. The van der Waals surface area contributed by atoms with Gasteiger partial charge in [0.1, 0.15) is 30.2 Å². The molecule has 1 saturated heterocycles. The zero-order valence-corrected chi connectivity index (χ0v) is 27.8. The average Bonchev–Trinajstić information content (AvgIpc) is 3.48. The van der Waals surface area contributed by atoms with E-state index in [1.54, 1.807) is 42.6 Å². The summed E-state index contributed by atoms with van der Waals surface area (Å²) >= 11 is 0. The Morgan fingerprint density at radius 2 is 1.24 bits per heavy atom. The molecule has 0 bridgehead atoms. The van der Waals surface area contributed by atoms with Crippen molar-refractivity contribution in [1.29, 1.82) is 0 Å². The highest BCUT2D eigenvalue weighted by atomic mass is 16.4. The van der Waals surface area contributed by atoms with Gasteiger partial charge >= 0.3 is 11.9 Å². The van der Waals surface area contributed by atoms with Crippen molar-refractivity contribution in [2.45, 2.75) is 82.1 Å². The minimum Gasteiger partial charge on any atom is -0.481 e. The maximum absolute atomic E-state index is 14.2. The first-order valence-electron chi connectivity index (χ1n) is 16.4. The van der Waals surface area contributed by atoms with Crippen LogP contribution < -0.4 is 21.3 Å². The van der Waals surface area contributed by atoms with Crippen LogP contribution in [-0.2, 0) is 46.4 Å². The number of rotatable bonds is 11. The molecule has 3 aromatic rings. The van der Waals surface area contributed by atoms with Crippen molar-refractivity contribution in [2.24, 2.45) is 0 Å². The number of benzene rings is 2. The molecule has 0 saturated carbocycles. The number of nitrogens with one attached hydrogen (secondary N) is 5. The van der Waals surface area contributed by atoms with Crippen LogP contribution in [0.15, 0.2) is 60.8 Å². The van der Waals surface area contributed by atoms with E-state index in [2.05, 4.69) is 26.3 Å². The van der Waals surface area contributed by atoms with Crippen LogP contribution in [-0.4, -0.2) is 98.8 Å². The molecule has 0 aliphatic carbocycles. The molecule has 0 spiro atoms. The quantitative estimate of drug-likeness (QED) is 0.151. The number of carbonyl (C=O) groups is 7. The Morgan fingerprint density at radius 3 is 1.86 bits per heavy atom. The molecule has 1 fully saturated rings. The van der Waals surface area contributed by atoms with Crippen LogP contribution >= 0.6 is 0 Å². The standard InChI is InChI=1S/C35H42N6O9/c1-3-4-14-28-34(49)39-26(18-30(44)45)32(47)37-24(15-20-10-6-5-7-11-20)31(46)38-25(17-29(42)43)33(48)40-27(35(50)41(28)2)16-21-19-36-23-13-9-8-12-22(21)23/h5-13,19,24-28,36H,3-4,14-18H2,1-2H3,(H,37,47)(H,38,46)(H,39,49)(H,40,48)(H,42,43)(H,44,45)/t24-,25-,26-,27-,28-/m0/s1. The summed E-state index contributed by atoms with van der Waals surface area (Å²) in [6.07, 6.45) is 1.10. The van der Waals surface area contributed by atoms with Gasteiger partial charge in [-0.05, 0) is 23.6 Å². The number of H-pyrrole nitrogens is 1. The van der Waals surface area contributed by atoms with Gasteiger partial charge in [0.05, 0.1) is 12.8 Å². The van der Waals surface area contributed by atoms with Crippen LogP contribution in [0.2, 0.25) is 0 Å². The second-order valence-corrected chi connectivity index (χ2v) is 12.3. The average molecular weight is 691 g/mol. The zero-order chi connectivity index (χ0) is 36.4. The van der Waals surface area contributed by atoms with Crippen LogP contribution in [0.5, 0.6) is 0 Å². The van der Waals surface area contributed by atoms with Gasteiger partial charge in [0.25, 0.3) is 0 Å². The zero-order valence-electron chi connectivity index (χ0n) is 27.8. The van der Waals surface area contributed by atoms with E-state index in [1.165, 1.54) is 7.05 Å². The lowest BCUT2D eigenvalue weighted by Crippen LogP contribution is -2.58. The molecule has 5 atom stereocenters. The first-order chi connectivity index (χ1) is 23.9. The molecule has 0 radical (unpaired) electrons. The number of unbranched alkanes of at least 4 members (excludes halogenated alkanes) is 1. The van der Waals surface area contributed by atoms with Crippen LogP contribution in [0.1, 0.15) is 50.2 Å². The summed E-state index contributed by atoms with van der Waals surface area (Å²) in [5.41, 5.74) is 2.02. The summed E-state index contributed by atoms with van der Waals surface area (Å²) in [5, 5.41) is 30.1. The summed E-state index contributed by atoms with van der Waals surface area (Å²) in [6, 6.07) is 8.59. The Bertz CT molecular complexity index is 1730. The second kappa shape index (κ2) is 17.1. The van der Waals surface area contributed by atoms with Gasteiger partial charge in [-0.25, -0.2) is 0 Å². The molecule has 15 nitrogen and oxygen atoms in total. The lowest BCUT2D eigenvalue weighted by atomic mass is 10.0. The molecule has 1 aliphatic rings. The Kier molecular flexibility index (Phi) is 12.7. The molecular weight excluding hydrogens is 648 g/mol. The van der Waals surface area contributed by atoms with E-state index in [0.29, 0.717) is 24.0 Å². The number of amides is 5. The SMILES string of the molecule is CCCC[C@H]1C(=O)N[C@@H](CC(=O)O)C(=O)N[C@@H](Cc2ccccc2)C(=O)N[C@@H](CC(=O)O)C(=O)N[C@@H](Cc2c[nH]c3ccccc23)C(=O)N1C. The van der Waals surface area contributed by atoms with E-state index in [0.717, 1.165) is 15.8 Å². The van der Waals surface area contributed by atoms with Crippen LogP contribution in [0.3, 0.4) is 0 Å².